The molecule has 76 valence electrons. The number of hydrogen-bond acceptors (Lipinski definition) is 1. The summed E-state index contributed by atoms with van der Waals surface area (Å²) in [6.07, 6.45) is 1.36. The van der Waals surface area contributed by atoms with Crippen LogP contribution in [0.25, 0.3) is 0 Å². The molecule has 1 aliphatic rings. The SMILES string of the molecule is NC1(CC(F)c2ccc(Cl)cc2)CC1. The van der Waals surface area contributed by atoms with E-state index < -0.39 is 6.17 Å². The Kier molecular flexibility index (Phi) is 2.50. The van der Waals surface area contributed by atoms with E-state index in [1.165, 1.54) is 0 Å². The summed E-state index contributed by atoms with van der Waals surface area (Å²) in [7, 11) is 0. The van der Waals surface area contributed by atoms with Crippen LogP contribution in [-0.2, 0) is 0 Å². The first-order chi connectivity index (χ1) is 6.59. The van der Waals surface area contributed by atoms with Crippen LogP contribution in [0, 0.1) is 0 Å². The average Bonchev–Trinajstić information content (AvgIpc) is 2.84. The average molecular weight is 214 g/mol. The molecule has 1 aromatic rings. The first kappa shape index (κ1) is 9.94. The van der Waals surface area contributed by atoms with E-state index in [9.17, 15) is 4.39 Å². The molecule has 2 N–H and O–H groups in total. The molecule has 0 aliphatic heterocycles. The Bertz CT molecular complexity index is 319. The largest absolute Gasteiger partial charge is 0.325 e. The molecule has 0 saturated heterocycles. The highest BCUT2D eigenvalue weighted by Crippen LogP contribution is 2.41. The zero-order valence-corrected chi connectivity index (χ0v) is 8.60. The van der Waals surface area contributed by atoms with Crippen LogP contribution in [0.5, 0.6) is 0 Å². The molecule has 1 unspecified atom stereocenters. The highest BCUT2D eigenvalue weighted by atomic mass is 35.5. The van der Waals surface area contributed by atoms with E-state index in [2.05, 4.69) is 0 Å². The minimum Gasteiger partial charge on any atom is -0.325 e. The second-order valence-electron chi connectivity index (χ2n) is 4.09. The fraction of sp³-hybridized carbons (Fsp3) is 0.455. The molecule has 3 heteroatoms. The van der Waals surface area contributed by atoms with E-state index in [4.69, 9.17) is 17.3 Å². The van der Waals surface area contributed by atoms with Crippen molar-refractivity contribution in [2.45, 2.75) is 31.0 Å². The molecule has 1 fully saturated rings. The number of rotatable bonds is 3. The predicted molar refractivity (Wildman–Crippen MR) is 56.1 cm³/mol. The number of nitrogens with two attached hydrogens (primary N) is 1. The van der Waals surface area contributed by atoms with Gasteiger partial charge in [-0.15, -0.1) is 0 Å². The molecular formula is C11H13ClFN. The highest BCUT2D eigenvalue weighted by molar-refractivity contribution is 6.30. The molecule has 0 amide bonds. The summed E-state index contributed by atoms with van der Waals surface area (Å²) in [5, 5.41) is 0.634. The van der Waals surface area contributed by atoms with Gasteiger partial charge in [-0.1, -0.05) is 23.7 Å². The third kappa shape index (κ3) is 2.25. The van der Waals surface area contributed by atoms with E-state index in [-0.39, 0.29) is 5.54 Å². The van der Waals surface area contributed by atoms with Gasteiger partial charge in [0.05, 0.1) is 0 Å². The lowest BCUT2D eigenvalue weighted by molar-refractivity contribution is 0.296. The first-order valence-corrected chi connectivity index (χ1v) is 5.15. The molecule has 0 spiro atoms. The van der Waals surface area contributed by atoms with Gasteiger partial charge < -0.3 is 5.73 Å². The Labute approximate surface area is 88.1 Å². The summed E-state index contributed by atoms with van der Waals surface area (Å²) >= 11 is 5.71. The number of benzene rings is 1. The fourth-order valence-corrected chi connectivity index (χ4v) is 1.64. The van der Waals surface area contributed by atoms with Crippen molar-refractivity contribution in [3.8, 4) is 0 Å². The molecule has 1 aromatic carbocycles. The molecule has 0 heterocycles. The predicted octanol–water partition coefficient (Wildman–Crippen LogP) is 3.23. The maximum atomic E-state index is 13.7. The van der Waals surface area contributed by atoms with Crippen molar-refractivity contribution in [3.05, 3.63) is 34.9 Å². The van der Waals surface area contributed by atoms with E-state index in [0.717, 1.165) is 12.8 Å². The maximum absolute atomic E-state index is 13.7. The third-order valence-corrected chi connectivity index (χ3v) is 2.96. The second-order valence-corrected chi connectivity index (χ2v) is 4.52. The molecule has 1 atom stereocenters. The summed E-state index contributed by atoms with van der Waals surface area (Å²) in [5.74, 6) is 0. The Morgan fingerprint density at radius 3 is 2.43 bits per heavy atom. The monoisotopic (exact) mass is 213 g/mol. The van der Waals surface area contributed by atoms with Gasteiger partial charge in [0.2, 0.25) is 0 Å². The molecule has 1 aliphatic carbocycles. The lowest BCUT2D eigenvalue weighted by atomic mass is 10.0. The zero-order valence-electron chi connectivity index (χ0n) is 7.84. The smallest absolute Gasteiger partial charge is 0.127 e. The maximum Gasteiger partial charge on any atom is 0.127 e. The Balaban J connectivity index is 2.03. The molecule has 0 bridgehead atoms. The van der Waals surface area contributed by atoms with Crippen molar-refractivity contribution in [2.75, 3.05) is 0 Å². The topological polar surface area (TPSA) is 26.0 Å². The van der Waals surface area contributed by atoms with Crippen LogP contribution >= 0.6 is 11.6 Å². The van der Waals surface area contributed by atoms with E-state index in [0.29, 0.717) is 17.0 Å². The van der Waals surface area contributed by atoms with Crippen LogP contribution in [-0.4, -0.2) is 5.54 Å². The lowest BCUT2D eigenvalue weighted by Crippen LogP contribution is -2.23. The molecule has 0 aromatic heterocycles. The molecular weight excluding hydrogens is 201 g/mol. The molecule has 2 rings (SSSR count). The van der Waals surface area contributed by atoms with E-state index in [1.807, 2.05) is 0 Å². The Morgan fingerprint density at radius 2 is 1.93 bits per heavy atom. The van der Waals surface area contributed by atoms with Crippen molar-refractivity contribution in [3.63, 3.8) is 0 Å². The van der Waals surface area contributed by atoms with Gasteiger partial charge in [0.1, 0.15) is 6.17 Å². The molecule has 14 heavy (non-hydrogen) atoms. The summed E-state index contributed by atoms with van der Waals surface area (Å²) in [6.45, 7) is 0. The minimum absolute atomic E-state index is 0.237. The van der Waals surface area contributed by atoms with Crippen LogP contribution in [0.3, 0.4) is 0 Å². The van der Waals surface area contributed by atoms with Gasteiger partial charge in [0.15, 0.2) is 0 Å². The summed E-state index contributed by atoms with van der Waals surface area (Å²) < 4.78 is 13.7. The van der Waals surface area contributed by atoms with Crippen molar-refractivity contribution < 1.29 is 4.39 Å². The van der Waals surface area contributed by atoms with Crippen molar-refractivity contribution in [1.29, 1.82) is 0 Å². The van der Waals surface area contributed by atoms with Crippen LogP contribution in [0.1, 0.15) is 31.0 Å². The minimum atomic E-state index is -0.959. The lowest BCUT2D eigenvalue weighted by Gasteiger charge is -2.13. The number of hydrogen-bond donors (Lipinski definition) is 1. The Hall–Kier alpha value is -0.600. The van der Waals surface area contributed by atoms with Gasteiger partial charge in [-0.2, -0.15) is 0 Å². The standard InChI is InChI=1S/C11H13ClFN/c12-9-3-1-8(2-4-9)10(13)7-11(14)5-6-11/h1-4,10H,5-7,14H2. The van der Waals surface area contributed by atoms with Gasteiger partial charge in [-0.05, 0) is 30.5 Å². The van der Waals surface area contributed by atoms with E-state index in [1.54, 1.807) is 24.3 Å². The van der Waals surface area contributed by atoms with Gasteiger partial charge in [0.25, 0.3) is 0 Å². The fourth-order valence-electron chi connectivity index (χ4n) is 1.51. The Morgan fingerprint density at radius 1 is 1.36 bits per heavy atom. The number of halogens is 2. The summed E-state index contributed by atoms with van der Waals surface area (Å²) in [6, 6.07) is 6.86. The molecule has 1 nitrogen and oxygen atoms in total. The normalized spacial score (nSPS) is 20.5. The van der Waals surface area contributed by atoms with Crippen molar-refractivity contribution in [1.82, 2.24) is 0 Å². The van der Waals surface area contributed by atoms with Gasteiger partial charge >= 0.3 is 0 Å². The van der Waals surface area contributed by atoms with Gasteiger partial charge in [-0.25, -0.2) is 4.39 Å². The van der Waals surface area contributed by atoms with E-state index >= 15 is 0 Å². The van der Waals surface area contributed by atoms with Gasteiger partial charge in [0, 0.05) is 17.0 Å². The van der Waals surface area contributed by atoms with Crippen LogP contribution in [0.4, 0.5) is 4.39 Å². The molecule has 0 radical (unpaired) electrons. The van der Waals surface area contributed by atoms with Crippen LogP contribution in [0.2, 0.25) is 5.02 Å². The zero-order chi connectivity index (χ0) is 10.2. The summed E-state index contributed by atoms with van der Waals surface area (Å²) in [4.78, 5) is 0. The van der Waals surface area contributed by atoms with Crippen molar-refractivity contribution in [2.24, 2.45) is 5.73 Å². The quantitative estimate of drug-likeness (QED) is 0.820. The number of alkyl halides is 1. The highest BCUT2D eigenvalue weighted by Gasteiger charge is 2.40. The van der Waals surface area contributed by atoms with Crippen molar-refractivity contribution >= 4 is 11.6 Å². The van der Waals surface area contributed by atoms with Crippen LogP contribution < -0.4 is 5.73 Å². The van der Waals surface area contributed by atoms with Gasteiger partial charge in [-0.3, -0.25) is 0 Å². The third-order valence-electron chi connectivity index (χ3n) is 2.71. The molecule has 1 saturated carbocycles. The second kappa shape index (κ2) is 3.52. The summed E-state index contributed by atoms with van der Waals surface area (Å²) in [5.41, 5.74) is 6.28. The first-order valence-electron chi connectivity index (χ1n) is 4.77. The van der Waals surface area contributed by atoms with Crippen LogP contribution in [0.15, 0.2) is 24.3 Å².